The van der Waals surface area contributed by atoms with Crippen LogP contribution in [0.5, 0.6) is 0 Å². The SMILES string of the molecule is CCC(=O)NCc1ccc(-c2ccccc2)c2ccncc12. The molecule has 1 amide bonds. The maximum atomic E-state index is 11.5. The molecule has 0 saturated heterocycles. The van der Waals surface area contributed by atoms with Crippen molar-refractivity contribution in [2.45, 2.75) is 19.9 Å². The number of amides is 1. The molecule has 2 aromatic carbocycles. The van der Waals surface area contributed by atoms with E-state index < -0.39 is 0 Å². The highest BCUT2D eigenvalue weighted by atomic mass is 16.1. The Bertz CT molecular complexity index is 797. The van der Waals surface area contributed by atoms with Gasteiger partial charge in [-0.25, -0.2) is 0 Å². The molecule has 0 bridgehead atoms. The number of nitrogens with zero attached hydrogens (tertiary/aromatic N) is 1. The molecular weight excluding hydrogens is 272 g/mol. The van der Waals surface area contributed by atoms with Gasteiger partial charge in [0.1, 0.15) is 0 Å². The highest BCUT2D eigenvalue weighted by Gasteiger charge is 2.08. The molecule has 110 valence electrons. The Hall–Kier alpha value is -2.68. The van der Waals surface area contributed by atoms with Crippen molar-refractivity contribution in [3.05, 3.63) is 66.5 Å². The monoisotopic (exact) mass is 290 g/mol. The van der Waals surface area contributed by atoms with Crippen LogP contribution < -0.4 is 5.32 Å². The van der Waals surface area contributed by atoms with Crippen LogP contribution in [0.15, 0.2) is 60.9 Å². The normalized spacial score (nSPS) is 10.6. The highest BCUT2D eigenvalue weighted by molar-refractivity contribution is 5.98. The fourth-order valence-electron chi connectivity index (χ4n) is 2.59. The largest absolute Gasteiger partial charge is 0.352 e. The van der Waals surface area contributed by atoms with Crippen molar-refractivity contribution in [2.75, 3.05) is 0 Å². The molecule has 3 rings (SSSR count). The smallest absolute Gasteiger partial charge is 0.219 e. The van der Waals surface area contributed by atoms with Crippen molar-refractivity contribution in [3.8, 4) is 11.1 Å². The number of carbonyl (C=O) groups is 1. The maximum Gasteiger partial charge on any atom is 0.219 e. The zero-order chi connectivity index (χ0) is 15.4. The minimum absolute atomic E-state index is 0.0594. The molecule has 0 atom stereocenters. The quantitative estimate of drug-likeness (QED) is 0.791. The van der Waals surface area contributed by atoms with Crippen LogP contribution in [0.25, 0.3) is 21.9 Å². The molecular formula is C19H18N2O. The molecule has 1 heterocycles. The molecule has 0 radical (unpaired) electrons. The first-order chi connectivity index (χ1) is 10.8. The Morgan fingerprint density at radius 3 is 2.64 bits per heavy atom. The van der Waals surface area contributed by atoms with Gasteiger partial charge in [-0.15, -0.1) is 0 Å². The summed E-state index contributed by atoms with van der Waals surface area (Å²) in [6.07, 6.45) is 4.18. The molecule has 0 aliphatic carbocycles. The van der Waals surface area contributed by atoms with Crippen molar-refractivity contribution in [1.29, 1.82) is 0 Å². The van der Waals surface area contributed by atoms with E-state index in [9.17, 15) is 4.79 Å². The predicted molar refractivity (Wildman–Crippen MR) is 89.3 cm³/mol. The van der Waals surface area contributed by atoms with Crippen LogP contribution in [-0.4, -0.2) is 10.9 Å². The molecule has 0 unspecified atom stereocenters. The van der Waals surface area contributed by atoms with Crippen LogP contribution in [0, 0.1) is 0 Å². The fraction of sp³-hybridized carbons (Fsp3) is 0.158. The summed E-state index contributed by atoms with van der Waals surface area (Å²) in [4.78, 5) is 15.7. The summed E-state index contributed by atoms with van der Waals surface area (Å²) in [5, 5.41) is 5.17. The number of hydrogen-bond acceptors (Lipinski definition) is 2. The lowest BCUT2D eigenvalue weighted by Crippen LogP contribution is -2.21. The average molecular weight is 290 g/mol. The van der Waals surface area contributed by atoms with Crippen molar-refractivity contribution < 1.29 is 4.79 Å². The molecule has 0 spiro atoms. The molecule has 0 aliphatic rings. The minimum Gasteiger partial charge on any atom is -0.352 e. The number of pyridine rings is 1. The number of fused-ring (bicyclic) bond motifs is 1. The molecule has 22 heavy (non-hydrogen) atoms. The Morgan fingerprint density at radius 2 is 1.86 bits per heavy atom. The molecule has 1 aromatic heterocycles. The van der Waals surface area contributed by atoms with E-state index in [4.69, 9.17) is 0 Å². The Labute approximate surface area is 130 Å². The van der Waals surface area contributed by atoms with E-state index in [1.807, 2.05) is 43.6 Å². The van der Waals surface area contributed by atoms with E-state index in [0.717, 1.165) is 16.3 Å². The summed E-state index contributed by atoms with van der Waals surface area (Å²) in [5.74, 6) is 0.0594. The van der Waals surface area contributed by atoms with Gasteiger partial charge in [0.05, 0.1) is 0 Å². The van der Waals surface area contributed by atoms with Gasteiger partial charge in [0, 0.05) is 30.7 Å². The topological polar surface area (TPSA) is 42.0 Å². The minimum atomic E-state index is 0.0594. The molecule has 3 nitrogen and oxygen atoms in total. The zero-order valence-corrected chi connectivity index (χ0v) is 12.5. The standard InChI is InChI=1S/C19H18N2O/c1-2-19(22)21-12-15-8-9-16(14-6-4-3-5-7-14)17-10-11-20-13-18(15)17/h3-11,13H,2,12H2,1H3,(H,21,22). The molecule has 3 aromatic rings. The Kier molecular flexibility index (Phi) is 4.15. The van der Waals surface area contributed by atoms with E-state index in [0.29, 0.717) is 13.0 Å². The van der Waals surface area contributed by atoms with Gasteiger partial charge in [-0.3, -0.25) is 9.78 Å². The third-order valence-electron chi connectivity index (χ3n) is 3.79. The Morgan fingerprint density at radius 1 is 1.05 bits per heavy atom. The molecule has 3 heteroatoms. The lowest BCUT2D eigenvalue weighted by Gasteiger charge is -2.12. The zero-order valence-electron chi connectivity index (χ0n) is 12.5. The second-order valence-electron chi connectivity index (χ2n) is 5.19. The van der Waals surface area contributed by atoms with Crippen molar-refractivity contribution in [2.24, 2.45) is 0 Å². The van der Waals surface area contributed by atoms with E-state index in [1.54, 1.807) is 0 Å². The van der Waals surface area contributed by atoms with Crippen LogP contribution in [0.3, 0.4) is 0 Å². The fourth-order valence-corrected chi connectivity index (χ4v) is 2.59. The van der Waals surface area contributed by atoms with Gasteiger partial charge in [-0.05, 0) is 28.1 Å². The van der Waals surface area contributed by atoms with Gasteiger partial charge < -0.3 is 5.32 Å². The second kappa shape index (κ2) is 6.39. The van der Waals surface area contributed by atoms with Crippen molar-refractivity contribution in [1.82, 2.24) is 10.3 Å². The lowest BCUT2D eigenvalue weighted by molar-refractivity contribution is -0.120. The first-order valence-corrected chi connectivity index (χ1v) is 7.47. The summed E-state index contributed by atoms with van der Waals surface area (Å²) >= 11 is 0. The van der Waals surface area contributed by atoms with Gasteiger partial charge in [-0.1, -0.05) is 49.4 Å². The summed E-state index contributed by atoms with van der Waals surface area (Å²) in [5.41, 5.74) is 3.45. The summed E-state index contributed by atoms with van der Waals surface area (Å²) in [6, 6.07) is 16.5. The van der Waals surface area contributed by atoms with Gasteiger partial charge in [0.25, 0.3) is 0 Å². The molecule has 0 saturated carbocycles. The number of rotatable bonds is 4. The van der Waals surface area contributed by atoms with Gasteiger partial charge >= 0.3 is 0 Å². The number of carbonyl (C=O) groups excluding carboxylic acids is 1. The van der Waals surface area contributed by atoms with Crippen LogP contribution in [0.4, 0.5) is 0 Å². The van der Waals surface area contributed by atoms with Crippen molar-refractivity contribution in [3.63, 3.8) is 0 Å². The first-order valence-electron chi connectivity index (χ1n) is 7.47. The third kappa shape index (κ3) is 2.84. The van der Waals surface area contributed by atoms with E-state index in [-0.39, 0.29) is 5.91 Å². The highest BCUT2D eigenvalue weighted by Crippen LogP contribution is 2.30. The summed E-state index contributed by atoms with van der Waals surface area (Å²) in [6.45, 7) is 2.39. The summed E-state index contributed by atoms with van der Waals surface area (Å²) in [7, 11) is 0. The van der Waals surface area contributed by atoms with Crippen LogP contribution in [0.1, 0.15) is 18.9 Å². The predicted octanol–water partition coefficient (Wildman–Crippen LogP) is 3.93. The molecule has 0 aliphatic heterocycles. The number of benzene rings is 2. The number of aromatic nitrogens is 1. The number of nitrogens with one attached hydrogen (secondary N) is 1. The van der Waals surface area contributed by atoms with Gasteiger partial charge in [0.15, 0.2) is 0 Å². The summed E-state index contributed by atoms with van der Waals surface area (Å²) < 4.78 is 0. The van der Waals surface area contributed by atoms with Crippen LogP contribution in [-0.2, 0) is 11.3 Å². The average Bonchev–Trinajstić information content (AvgIpc) is 2.60. The van der Waals surface area contributed by atoms with Crippen molar-refractivity contribution >= 4 is 16.7 Å². The van der Waals surface area contributed by atoms with Gasteiger partial charge in [-0.2, -0.15) is 0 Å². The molecule has 1 N–H and O–H groups in total. The first kappa shape index (κ1) is 14.3. The number of hydrogen-bond donors (Lipinski definition) is 1. The molecule has 0 fully saturated rings. The third-order valence-corrected chi connectivity index (χ3v) is 3.79. The second-order valence-corrected chi connectivity index (χ2v) is 5.19. The van der Waals surface area contributed by atoms with Crippen LogP contribution >= 0.6 is 0 Å². The van der Waals surface area contributed by atoms with Gasteiger partial charge in [0.2, 0.25) is 5.91 Å². The van der Waals surface area contributed by atoms with Crippen LogP contribution in [0.2, 0.25) is 0 Å². The maximum absolute atomic E-state index is 11.5. The lowest BCUT2D eigenvalue weighted by atomic mass is 9.96. The van der Waals surface area contributed by atoms with E-state index >= 15 is 0 Å². The van der Waals surface area contributed by atoms with E-state index in [1.165, 1.54) is 11.1 Å². The Balaban J connectivity index is 2.06. The van der Waals surface area contributed by atoms with E-state index in [2.05, 4.69) is 34.6 Å².